The number of carbonyl (C=O) groups excluding carboxylic acids is 1. The first kappa shape index (κ1) is 12.0. The highest BCUT2D eigenvalue weighted by Gasteiger charge is 2.23. The topological polar surface area (TPSA) is 25.2 Å². The van der Waals surface area contributed by atoms with Crippen LogP contribution in [0.2, 0.25) is 0 Å². The van der Waals surface area contributed by atoms with Crippen LogP contribution < -0.4 is 0 Å². The molecule has 1 saturated heterocycles. The molecule has 4 heteroatoms. The van der Waals surface area contributed by atoms with Crippen LogP contribution in [0.15, 0.2) is 12.3 Å². The maximum absolute atomic E-state index is 12.3. The highest BCUT2D eigenvalue weighted by atomic mass is 127. The van der Waals surface area contributed by atoms with Crippen LogP contribution in [0.5, 0.6) is 0 Å². The van der Waals surface area contributed by atoms with Gasteiger partial charge in [-0.15, -0.1) is 0 Å². The van der Waals surface area contributed by atoms with Crippen molar-refractivity contribution in [1.82, 2.24) is 9.47 Å². The van der Waals surface area contributed by atoms with Gasteiger partial charge in [0.25, 0.3) is 5.91 Å². The molecular formula is C12H17IN2O. The smallest absolute Gasteiger partial charge is 0.270 e. The van der Waals surface area contributed by atoms with Gasteiger partial charge in [-0.3, -0.25) is 4.79 Å². The Morgan fingerprint density at radius 1 is 1.56 bits per heavy atom. The molecule has 1 amide bonds. The first-order valence-corrected chi connectivity index (χ1v) is 6.77. The fourth-order valence-electron chi connectivity index (χ4n) is 2.27. The first-order valence-electron chi connectivity index (χ1n) is 5.69. The molecule has 1 fully saturated rings. The molecule has 0 saturated carbocycles. The van der Waals surface area contributed by atoms with Gasteiger partial charge in [-0.25, -0.2) is 0 Å². The van der Waals surface area contributed by atoms with Crippen molar-refractivity contribution in [3.05, 3.63) is 21.5 Å². The van der Waals surface area contributed by atoms with E-state index < -0.39 is 0 Å². The van der Waals surface area contributed by atoms with Crippen LogP contribution >= 0.6 is 22.6 Å². The minimum Gasteiger partial charge on any atom is -0.346 e. The van der Waals surface area contributed by atoms with Crippen molar-refractivity contribution in [2.75, 3.05) is 13.1 Å². The lowest BCUT2D eigenvalue weighted by Gasteiger charge is -2.30. The summed E-state index contributed by atoms with van der Waals surface area (Å²) in [5, 5.41) is 0. The van der Waals surface area contributed by atoms with E-state index in [1.54, 1.807) is 0 Å². The molecule has 1 unspecified atom stereocenters. The summed E-state index contributed by atoms with van der Waals surface area (Å²) >= 11 is 2.24. The van der Waals surface area contributed by atoms with Crippen molar-refractivity contribution in [2.45, 2.75) is 19.8 Å². The predicted molar refractivity (Wildman–Crippen MR) is 72.4 cm³/mol. The van der Waals surface area contributed by atoms with Gasteiger partial charge in [0.05, 0.1) is 0 Å². The lowest BCUT2D eigenvalue weighted by atomic mass is 10.00. The molecule has 0 bridgehead atoms. The van der Waals surface area contributed by atoms with Crippen LogP contribution in [0, 0.1) is 9.49 Å². The Balaban J connectivity index is 2.15. The lowest BCUT2D eigenvalue weighted by Crippen LogP contribution is -2.39. The van der Waals surface area contributed by atoms with Crippen LogP contribution in [0.25, 0.3) is 0 Å². The Labute approximate surface area is 110 Å². The van der Waals surface area contributed by atoms with E-state index in [-0.39, 0.29) is 5.91 Å². The Morgan fingerprint density at radius 3 is 2.88 bits per heavy atom. The van der Waals surface area contributed by atoms with Crippen molar-refractivity contribution in [2.24, 2.45) is 13.0 Å². The Kier molecular flexibility index (Phi) is 3.56. The number of hydrogen-bond acceptors (Lipinski definition) is 1. The van der Waals surface area contributed by atoms with Crippen LogP contribution in [0.4, 0.5) is 0 Å². The highest BCUT2D eigenvalue weighted by Crippen LogP contribution is 2.19. The average molecular weight is 332 g/mol. The van der Waals surface area contributed by atoms with Gasteiger partial charge in [0.1, 0.15) is 5.69 Å². The molecular weight excluding hydrogens is 315 g/mol. The maximum atomic E-state index is 12.3. The van der Waals surface area contributed by atoms with E-state index in [0.29, 0.717) is 5.92 Å². The second kappa shape index (κ2) is 4.77. The van der Waals surface area contributed by atoms with Crippen LogP contribution in [0.3, 0.4) is 0 Å². The largest absolute Gasteiger partial charge is 0.346 e. The van der Waals surface area contributed by atoms with E-state index in [0.717, 1.165) is 28.8 Å². The maximum Gasteiger partial charge on any atom is 0.270 e. The van der Waals surface area contributed by atoms with Crippen LogP contribution in [0.1, 0.15) is 30.3 Å². The standard InChI is InChI=1S/C12H17IN2O/c1-9-4-3-5-15(7-9)12(16)11-6-10(13)8-14(11)2/h6,8-9H,3-5,7H2,1-2H3. The van der Waals surface area contributed by atoms with E-state index in [1.165, 1.54) is 6.42 Å². The van der Waals surface area contributed by atoms with Gasteiger partial charge in [-0.2, -0.15) is 0 Å². The summed E-state index contributed by atoms with van der Waals surface area (Å²) in [5.74, 6) is 0.814. The molecule has 0 spiro atoms. The second-order valence-electron chi connectivity index (χ2n) is 4.65. The van der Waals surface area contributed by atoms with Crippen molar-refractivity contribution in [3.8, 4) is 0 Å². The van der Waals surface area contributed by atoms with Gasteiger partial charge in [-0.05, 0) is 47.4 Å². The molecule has 88 valence electrons. The zero-order valence-corrected chi connectivity index (χ0v) is 11.9. The normalized spacial score (nSPS) is 21.2. The van der Waals surface area contributed by atoms with Crippen LogP contribution in [-0.4, -0.2) is 28.5 Å². The van der Waals surface area contributed by atoms with E-state index in [9.17, 15) is 4.79 Å². The van der Waals surface area contributed by atoms with Gasteiger partial charge in [0.15, 0.2) is 0 Å². The highest BCUT2D eigenvalue weighted by molar-refractivity contribution is 14.1. The quantitative estimate of drug-likeness (QED) is 0.726. The molecule has 3 nitrogen and oxygen atoms in total. The Morgan fingerprint density at radius 2 is 2.31 bits per heavy atom. The first-order chi connectivity index (χ1) is 7.58. The summed E-state index contributed by atoms with van der Waals surface area (Å²) in [5.41, 5.74) is 0.804. The third-order valence-corrected chi connectivity index (χ3v) is 3.72. The van der Waals surface area contributed by atoms with E-state index in [1.807, 2.05) is 28.8 Å². The minimum atomic E-state index is 0.178. The van der Waals surface area contributed by atoms with Gasteiger partial charge < -0.3 is 9.47 Å². The zero-order chi connectivity index (χ0) is 11.7. The van der Waals surface area contributed by atoms with Crippen molar-refractivity contribution < 1.29 is 4.79 Å². The summed E-state index contributed by atoms with van der Waals surface area (Å²) in [6.45, 7) is 4.03. The average Bonchev–Trinajstić information content (AvgIpc) is 2.57. The molecule has 0 aliphatic carbocycles. The van der Waals surface area contributed by atoms with Crippen molar-refractivity contribution in [1.29, 1.82) is 0 Å². The second-order valence-corrected chi connectivity index (χ2v) is 5.90. The summed E-state index contributed by atoms with van der Waals surface area (Å²) in [6.07, 6.45) is 4.37. The molecule has 0 N–H and O–H groups in total. The molecule has 2 rings (SSSR count). The zero-order valence-electron chi connectivity index (χ0n) is 9.74. The number of aryl methyl sites for hydroxylation is 1. The predicted octanol–water partition coefficient (Wildman–Crippen LogP) is 2.50. The van der Waals surface area contributed by atoms with Crippen molar-refractivity contribution >= 4 is 28.5 Å². The van der Waals surface area contributed by atoms with Gasteiger partial charge in [0.2, 0.25) is 0 Å². The SMILES string of the molecule is CC1CCCN(C(=O)c2cc(I)cn2C)C1. The molecule has 1 aromatic heterocycles. The molecule has 1 atom stereocenters. The Bertz CT molecular complexity index is 400. The number of aromatic nitrogens is 1. The molecule has 0 radical (unpaired) electrons. The molecule has 1 aliphatic heterocycles. The van der Waals surface area contributed by atoms with Gasteiger partial charge in [0, 0.05) is 29.9 Å². The van der Waals surface area contributed by atoms with E-state index in [4.69, 9.17) is 0 Å². The number of hydrogen-bond donors (Lipinski definition) is 0. The number of amides is 1. The Hall–Kier alpha value is -0.520. The number of halogens is 1. The summed E-state index contributed by atoms with van der Waals surface area (Å²) in [7, 11) is 1.93. The molecule has 2 heterocycles. The number of piperidine rings is 1. The fraction of sp³-hybridized carbons (Fsp3) is 0.583. The third-order valence-electron chi connectivity index (χ3n) is 3.13. The summed E-state index contributed by atoms with van der Waals surface area (Å²) in [6, 6.07) is 1.96. The number of carbonyl (C=O) groups is 1. The molecule has 1 aliphatic rings. The van der Waals surface area contributed by atoms with E-state index >= 15 is 0 Å². The van der Waals surface area contributed by atoms with Gasteiger partial charge >= 0.3 is 0 Å². The fourth-order valence-corrected chi connectivity index (χ4v) is 2.99. The monoisotopic (exact) mass is 332 g/mol. The third kappa shape index (κ3) is 2.42. The number of likely N-dealkylation sites (tertiary alicyclic amines) is 1. The summed E-state index contributed by atoms with van der Waals surface area (Å²) < 4.78 is 3.04. The minimum absolute atomic E-state index is 0.178. The molecule has 0 aromatic carbocycles. The molecule has 16 heavy (non-hydrogen) atoms. The van der Waals surface area contributed by atoms with Gasteiger partial charge in [-0.1, -0.05) is 6.92 Å². The lowest BCUT2D eigenvalue weighted by molar-refractivity contribution is 0.0673. The molecule has 1 aromatic rings. The van der Waals surface area contributed by atoms with Crippen LogP contribution in [-0.2, 0) is 7.05 Å². The summed E-state index contributed by atoms with van der Waals surface area (Å²) in [4.78, 5) is 14.3. The number of rotatable bonds is 1. The van der Waals surface area contributed by atoms with Crippen molar-refractivity contribution in [3.63, 3.8) is 0 Å². The number of nitrogens with zero attached hydrogens (tertiary/aromatic N) is 2. The van der Waals surface area contributed by atoms with E-state index in [2.05, 4.69) is 29.5 Å².